The second-order valence-electron chi connectivity index (χ2n) is 5.13. The fourth-order valence-corrected chi connectivity index (χ4v) is 4.67. The molecule has 19 heavy (non-hydrogen) atoms. The van der Waals surface area contributed by atoms with E-state index in [9.17, 15) is 9.90 Å². The van der Waals surface area contributed by atoms with Crippen LogP contribution in [0.4, 0.5) is 0 Å². The number of carbonyl (C=O) groups is 1. The second kappa shape index (κ2) is 6.80. The lowest BCUT2D eigenvalue weighted by molar-refractivity contribution is 0.0693. The highest BCUT2D eigenvalue weighted by Crippen LogP contribution is 2.39. The summed E-state index contributed by atoms with van der Waals surface area (Å²) in [6, 6.07) is 5.42. The average Bonchev–Trinajstić information content (AvgIpc) is 2.38. The SMILES string of the molecule is CCC1CCCC(Sc2cc(Br)ccc2C(=O)O)C1. The first-order valence-electron chi connectivity index (χ1n) is 6.79. The van der Waals surface area contributed by atoms with Crippen molar-refractivity contribution in [2.75, 3.05) is 0 Å². The van der Waals surface area contributed by atoms with Gasteiger partial charge in [0.05, 0.1) is 5.56 Å². The first-order valence-corrected chi connectivity index (χ1v) is 8.47. The molecular formula is C15H19BrO2S. The molecule has 1 aromatic rings. The van der Waals surface area contributed by atoms with E-state index in [-0.39, 0.29) is 0 Å². The van der Waals surface area contributed by atoms with Gasteiger partial charge in [0.2, 0.25) is 0 Å². The molecule has 4 heteroatoms. The van der Waals surface area contributed by atoms with E-state index in [1.807, 2.05) is 6.07 Å². The van der Waals surface area contributed by atoms with Gasteiger partial charge in [0, 0.05) is 14.6 Å². The molecule has 1 fully saturated rings. The first kappa shape index (κ1) is 14.9. The van der Waals surface area contributed by atoms with E-state index in [0.717, 1.165) is 15.3 Å². The van der Waals surface area contributed by atoms with Gasteiger partial charge in [0.1, 0.15) is 0 Å². The third-order valence-corrected chi connectivity index (χ3v) is 5.63. The molecule has 0 saturated heterocycles. The van der Waals surface area contributed by atoms with Gasteiger partial charge in [-0.15, -0.1) is 11.8 Å². The molecule has 2 rings (SSSR count). The van der Waals surface area contributed by atoms with E-state index in [2.05, 4.69) is 22.9 Å². The molecule has 1 N–H and O–H groups in total. The Morgan fingerprint density at radius 2 is 2.26 bits per heavy atom. The molecule has 1 saturated carbocycles. The Labute approximate surface area is 127 Å². The molecule has 1 aliphatic carbocycles. The van der Waals surface area contributed by atoms with Crippen LogP contribution in [-0.4, -0.2) is 16.3 Å². The van der Waals surface area contributed by atoms with Crippen molar-refractivity contribution < 1.29 is 9.90 Å². The lowest BCUT2D eigenvalue weighted by atomic mass is 9.87. The molecule has 0 amide bonds. The standard InChI is InChI=1S/C15H19BrO2S/c1-2-10-4-3-5-12(8-10)19-14-9-11(16)6-7-13(14)15(17)18/h6-7,9-10,12H,2-5,8H2,1H3,(H,17,18). The number of carboxylic acid groups (broad SMARTS) is 1. The Bertz CT molecular complexity index is 461. The summed E-state index contributed by atoms with van der Waals surface area (Å²) in [6.45, 7) is 2.25. The van der Waals surface area contributed by atoms with Crippen molar-refractivity contribution in [3.63, 3.8) is 0 Å². The first-order chi connectivity index (χ1) is 9.10. The van der Waals surface area contributed by atoms with Crippen LogP contribution in [0.1, 0.15) is 49.4 Å². The molecule has 0 aliphatic heterocycles. The Morgan fingerprint density at radius 1 is 1.47 bits per heavy atom. The predicted octanol–water partition coefficient (Wildman–Crippen LogP) is 5.21. The lowest BCUT2D eigenvalue weighted by Crippen LogP contribution is -2.17. The molecule has 2 unspecified atom stereocenters. The molecule has 0 radical (unpaired) electrons. The van der Waals surface area contributed by atoms with Gasteiger partial charge in [-0.2, -0.15) is 0 Å². The smallest absolute Gasteiger partial charge is 0.336 e. The van der Waals surface area contributed by atoms with Crippen molar-refractivity contribution in [2.24, 2.45) is 5.92 Å². The summed E-state index contributed by atoms with van der Waals surface area (Å²) in [5.41, 5.74) is 0.423. The van der Waals surface area contributed by atoms with Crippen LogP contribution in [0.2, 0.25) is 0 Å². The highest BCUT2D eigenvalue weighted by molar-refractivity contribution is 9.10. The quantitative estimate of drug-likeness (QED) is 0.816. The summed E-state index contributed by atoms with van der Waals surface area (Å²) in [4.78, 5) is 12.2. The number of benzene rings is 1. The van der Waals surface area contributed by atoms with Crippen molar-refractivity contribution in [1.82, 2.24) is 0 Å². The molecule has 1 aromatic carbocycles. The molecule has 0 bridgehead atoms. The summed E-state index contributed by atoms with van der Waals surface area (Å²) in [5.74, 6) is -0.0236. The van der Waals surface area contributed by atoms with Crippen molar-refractivity contribution in [3.05, 3.63) is 28.2 Å². The van der Waals surface area contributed by atoms with Crippen LogP contribution >= 0.6 is 27.7 Å². The van der Waals surface area contributed by atoms with Crippen molar-refractivity contribution in [3.8, 4) is 0 Å². The normalized spacial score (nSPS) is 23.3. The average molecular weight is 343 g/mol. The van der Waals surface area contributed by atoms with E-state index in [1.165, 1.54) is 32.1 Å². The van der Waals surface area contributed by atoms with Crippen molar-refractivity contribution in [1.29, 1.82) is 0 Å². The maximum atomic E-state index is 11.3. The van der Waals surface area contributed by atoms with Gasteiger partial charge in [-0.3, -0.25) is 0 Å². The van der Waals surface area contributed by atoms with Crippen LogP contribution in [0.3, 0.4) is 0 Å². The summed E-state index contributed by atoms with van der Waals surface area (Å²) < 4.78 is 0.947. The highest BCUT2D eigenvalue weighted by atomic mass is 79.9. The number of thioether (sulfide) groups is 1. The number of hydrogen-bond donors (Lipinski definition) is 1. The summed E-state index contributed by atoms with van der Waals surface area (Å²) in [5, 5.41) is 9.82. The Balaban J connectivity index is 2.13. The summed E-state index contributed by atoms with van der Waals surface area (Å²) in [7, 11) is 0. The number of aromatic carboxylic acids is 1. The zero-order valence-electron chi connectivity index (χ0n) is 11.1. The number of hydrogen-bond acceptors (Lipinski definition) is 2. The van der Waals surface area contributed by atoms with Gasteiger partial charge in [-0.05, 0) is 37.0 Å². The number of carboxylic acids is 1. The Kier molecular flexibility index (Phi) is 5.34. The topological polar surface area (TPSA) is 37.3 Å². The van der Waals surface area contributed by atoms with Gasteiger partial charge in [-0.1, -0.05) is 42.1 Å². The second-order valence-corrected chi connectivity index (χ2v) is 7.38. The zero-order chi connectivity index (χ0) is 13.8. The van der Waals surface area contributed by atoms with Gasteiger partial charge < -0.3 is 5.11 Å². The van der Waals surface area contributed by atoms with Crippen LogP contribution in [0, 0.1) is 5.92 Å². The monoisotopic (exact) mass is 342 g/mol. The number of halogens is 1. The van der Waals surface area contributed by atoms with E-state index < -0.39 is 5.97 Å². The van der Waals surface area contributed by atoms with Crippen LogP contribution in [0.25, 0.3) is 0 Å². The molecule has 1 aliphatic rings. The summed E-state index contributed by atoms with van der Waals surface area (Å²) >= 11 is 5.17. The maximum Gasteiger partial charge on any atom is 0.336 e. The molecular weight excluding hydrogens is 324 g/mol. The molecule has 104 valence electrons. The molecule has 0 heterocycles. The molecule has 0 aromatic heterocycles. The third kappa shape index (κ3) is 3.99. The van der Waals surface area contributed by atoms with Crippen molar-refractivity contribution >= 4 is 33.7 Å². The third-order valence-electron chi connectivity index (χ3n) is 3.78. The van der Waals surface area contributed by atoms with Gasteiger partial charge in [0.25, 0.3) is 0 Å². The minimum atomic E-state index is -0.835. The Hall–Kier alpha value is -0.480. The van der Waals surface area contributed by atoms with Crippen LogP contribution < -0.4 is 0 Å². The largest absolute Gasteiger partial charge is 0.478 e. The maximum absolute atomic E-state index is 11.3. The van der Waals surface area contributed by atoms with Crippen LogP contribution in [-0.2, 0) is 0 Å². The van der Waals surface area contributed by atoms with Crippen molar-refractivity contribution in [2.45, 2.75) is 49.2 Å². The van der Waals surface area contributed by atoms with Gasteiger partial charge in [0.15, 0.2) is 0 Å². The fraction of sp³-hybridized carbons (Fsp3) is 0.533. The molecule has 0 spiro atoms. The Morgan fingerprint density at radius 3 is 2.95 bits per heavy atom. The minimum absolute atomic E-state index is 0.423. The zero-order valence-corrected chi connectivity index (χ0v) is 13.5. The van der Waals surface area contributed by atoms with E-state index in [1.54, 1.807) is 23.9 Å². The van der Waals surface area contributed by atoms with E-state index >= 15 is 0 Å². The van der Waals surface area contributed by atoms with Gasteiger partial charge in [-0.25, -0.2) is 4.79 Å². The van der Waals surface area contributed by atoms with Crippen LogP contribution in [0.15, 0.2) is 27.6 Å². The van der Waals surface area contributed by atoms with Gasteiger partial charge >= 0.3 is 5.97 Å². The van der Waals surface area contributed by atoms with Crippen LogP contribution in [0.5, 0.6) is 0 Å². The molecule has 2 atom stereocenters. The number of rotatable bonds is 4. The minimum Gasteiger partial charge on any atom is -0.478 e. The highest BCUT2D eigenvalue weighted by Gasteiger charge is 2.23. The predicted molar refractivity (Wildman–Crippen MR) is 83.0 cm³/mol. The fourth-order valence-electron chi connectivity index (χ4n) is 2.67. The summed E-state index contributed by atoms with van der Waals surface area (Å²) in [6.07, 6.45) is 6.26. The van der Waals surface area contributed by atoms with E-state index in [0.29, 0.717) is 10.8 Å². The van der Waals surface area contributed by atoms with E-state index in [4.69, 9.17) is 0 Å². The molecule has 2 nitrogen and oxygen atoms in total. The lowest BCUT2D eigenvalue weighted by Gasteiger charge is -2.28.